The van der Waals surface area contributed by atoms with Crippen molar-refractivity contribution in [2.24, 2.45) is 5.92 Å². The summed E-state index contributed by atoms with van der Waals surface area (Å²) in [5.74, 6) is 2.12. The molecule has 0 aromatic carbocycles. The summed E-state index contributed by atoms with van der Waals surface area (Å²) in [5, 5.41) is 11.4. The maximum absolute atomic E-state index is 12.4. The van der Waals surface area contributed by atoms with Gasteiger partial charge in [0, 0.05) is 44.5 Å². The molecule has 10 heteroatoms. The van der Waals surface area contributed by atoms with Gasteiger partial charge >= 0.3 is 0 Å². The molecule has 4 rings (SSSR count). The molecule has 28 heavy (non-hydrogen) atoms. The predicted octanol–water partition coefficient (Wildman–Crippen LogP) is 1.23. The van der Waals surface area contributed by atoms with Crippen LogP contribution in [0, 0.1) is 5.92 Å². The second-order valence-electron chi connectivity index (χ2n) is 7.19. The van der Waals surface area contributed by atoms with E-state index in [1.165, 1.54) is 12.8 Å². The lowest BCUT2D eigenvalue weighted by atomic mass is 10.2. The van der Waals surface area contributed by atoms with Gasteiger partial charge in [0.1, 0.15) is 18.2 Å². The maximum Gasteiger partial charge on any atom is 0.247 e. The molecule has 0 spiro atoms. The van der Waals surface area contributed by atoms with Crippen LogP contribution in [0.3, 0.4) is 0 Å². The lowest BCUT2D eigenvalue weighted by molar-refractivity contribution is -0.116. The predicted molar refractivity (Wildman–Crippen MR) is 106 cm³/mol. The van der Waals surface area contributed by atoms with Gasteiger partial charge in [-0.2, -0.15) is 15.2 Å². The van der Waals surface area contributed by atoms with E-state index in [0.717, 1.165) is 12.1 Å². The molecule has 1 aliphatic rings. The van der Waals surface area contributed by atoms with Gasteiger partial charge in [0.2, 0.25) is 11.9 Å². The van der Waals surface area contributed by atoms with E-state index in [4.69, 9.17) is 5.73 Å². The van der Waals surface area contributed by atoms with Gasteiger partial charge in [-0.3, -0.25) is 9.48 Å². The van der Waals surface area contributed by atoms with Gasteiger partial charge in [-0.05, 0) is 18.8 Å². The van der Waals surface area contributed by atoms with Crippen molar-refractivity contribution in [1.29, 1.82) is 0 Å². The van der Waals surface area contributed by atoms with Crippen molar-refractivity contribution in [2.75, 3.05) is 30.0 Å². The highest BCUT2D eigenvalue weighted by molar-refractivity contribution is 5.89. The highest BCUT2D eigenvalue weighted by Gasteiger charge is 2.23. The summed E-state index contributed by atoms with van der Waals surface area (Å²) in [6, 6.07) is 3.49. The molecule has 3 N–H and O–H groups in total. The van der Waals surface area contributed by atoms with Gasteiger partial charge in [0.25, 0.3) is 0 Å². The molecular weight excluding hydrogens is 358 g/mol. The van der Waals surface area contributed by atoms with E-state index >= 15 is 0 Å². The first-order valence-electron chi connectivity index (χ1n) is 9.14. The number of nitrogens with one attached hydrogen (secondary N) is 1. The van der Waals surface area contributed by atoms with Crippen LogP contribution in [-0.4, -0.2) is 49.5 Å². The van der Waals surface area contributed by atoms with Crippen molar-refractivity contribution in [2.45, 2.75) is 25.9 Å². The fourth-order valence-corrected chi connectivity index (χ4v) is 2.84. The normalized spacial score (nSPS) is 13.5. The van der Waals surface area contributed by atoms with Crippen molar-refractivity contribution in [1.82, 2.24) is 29.5 Å². The molecule has 0 saturated heterocycles. The number of nitrogens with zero attached hydrogens (tertiary/aromatic N) is 7. The van der Waals surface area contributed by atoms with Crippen molar-refractivity contribution in [3.8, 4) is 11.3 Å². The van der Waals surface area contributed by atoms with Crippen LogP contribution in [0.15, 0.2) is 30.7 Å². The zero-order chi connectivity index (χ0) is 19.7. The first-order valence-corrected chi connectivity index (χ1v) is 9.14. The van der Waals surface area contributed by atoms with E-state index < -0.39 is 0 Å². The third-order valence-electron chi connectivity index (χ3n) is 4.48. The number of anilines is 3. The minimum atomic E-state index is -0.164. The number of hydrogen-bond acceptors (Lipinski definition) is 7. The first-order chi connectivity index (χ1) is 13.5. The summed E-state index contributed by atoms with van der Waals surface area (Å²) in [6.07, 6.45) is 7.58. The lowest BCUT2D eigenvalue weighted by Gasteiger charge is -2.11. The Labute approximate surface area is 162 Å². The van der Waals surface area contributed by atoms with Gasteiger partial charge in [-0.15, -0.1) is 0 Å². The quantitative estimate of drug-likeness (QED) is 0.631. The summed E-state index contributed by atoms with van der Waals surface area (Å²) in [7, 11) is 3.69. The zero-order valence-electron chi connectivity index (χ0n) is 15.9. The van der Waals surface area contributed by atoms with Crippen LogP contribution in [0.4, 0.5) is 17.6 Å². The molecule has 1 saturated carbocycles. The van der Waals surface area contributed by atoms with Gasteiger partial charge in [0.15, 0.2) is 0 Å². The molecule has 0 unspecified atom stereocenters. The van der Waals surface area contributed by atoms with Gasteiger partial charge < -0.3 is 16.0 Å². The molecule has 1 aliphatic carbocycles. The van der Waals surface area contributed by atoms with E-state index in [1.54, 1.807) is 40.3 Å². The smallest absolute Gasteiger partial charge is 0.247 e. The van der Waals surface area contributed by atoms with Crippen molar-refractivity contribution < 1.29 is 4.79 Å². The molecule has 1 fully saturated rings. The topological polar surface area (TPSA) is 120 Å². The summed E-state index contributed by atoms with van der Waals surface area (Å²) < 4.78 is 3.41. The Bertz CT molecular complexity index is 987. The maximum atomic E-state index is 12.4. The molecular formula is C18H23N9O. The highest BCUT2D eigenvalue weighted by Crippen LogP contribution is 2.31. The van der Waals surface area contributed by atoms with E-state index in [2.05, 4.69) is 25.5 Å². The monoisotopic (exact) mass is 381 g/mol. The minimum absolute atomic E-state index is 0.0930. The van der Waals surface area contributed by atoms with Crippen LogP contribution in [0.1, 0.15) is 12.8 Å². The van der Waals surface area contributed by atoms with Crippen molar-refractivity contribution in [3.63, 3.8) is 0 Å². The number of nitrogens with two attached hydrogens (primary N) is 1. The van der Waals surface area contributed by atoms with Gasteiger partial charge in [-0.1, -0.05) is 0 Å². The van der Waals surface area contributed by atoms with Crippen LogP contribution < -0.4 is 16.0 Å². The van der Waals surface area contributed by atoms with Crippen LogP contribution in [0.2, 0.25) is 0 Å². The number of carbonyl (C=O) groups excluding carboxylic acids is 1. The van der Waals surface area contributed by atoms with Crippen LogP contribution in [0.5, 0.6) is 0 Å². The Morgan fingerprint density at radius 1 is 1.32 bits per heavy atom. The lowest BCUT2D eigenvalue weighted by Crippen LogP contribution is -2.21. The van der Waals surface area contributed by atoms with E-state index in [-0.39, 0.29) is 12.5 Å². The standard InChI is InChI=1S/C18H23N9O/c1-25(2)18-22-14(7-15(19)23-18)13-8-21-26(10-13)11-17(28)24-16-5-6-20-27(16)9-12-3-4-12/h5-8,10,12H,3-4,9,11H2,1-2H3,(H,24,28)(H2,19,22,23). The van der Waals surface area contributed by atoms with Crippen molar-refractivity contribution >= 4 is 23.5 Å². The van der Waals surface area contributed by atoms with Gasteiger partial charge in [0.05, 0.1) is 18.1 Å². The van der Waals surface area contributed by atoms with E-state index in [1.807, 2.05) is 18.8 Å². The zero-order valence-corrected chi connectivity index (χ0v) is 15.9. The number of carbonyl (C=O) groups is 1. The fraction of sp³-hybridized carbons (Fsp3) is 0.389. The van der Waals surface area contributed by atoms with Crippen LogP contribution in [-0.2, 0) is 17.9 Å². The molecule has 146 valence electrons. The molecule has 3 aromatic heterocycles. The second-order valence-corrected chi connectivity index (χ2v) is 7.19. The van der Waals surface area contributed by atoms with E-state index in [9.17, 15) is 4.79 Å². The molecule has 0 radical (unpaired) electrons. The largest absolute Gasteiger partial charge is 0.384 e. The van der Waals surface area contributed by atoms with Gasteiger partial charge in [-0.25, -0.2) is 9.67 Å². The average molecular weight is 381 g/mol. The SMILES string of the molecule is CN(C)c1nc(N)cc(-c2cnn(CC(=O)Nc3ccnn3CC3CC3)c2)n1. The Hall–Kier alpha value is -3.43. The second kappa shape index (κ2) is 7.29. The van der Waals surface area contributed by atoms with Crippen LogP contribution >= 0.6 is 0 Å². The number of amides is 1. The highest BCUT2D eigenvalue weighted by atomic mass is 16.2. The third kappa shape index (κ3) is 4.11. The number of nitrogen functional groups attached to an aromatic ring is 1. The van der Waals surface area contributed by atoms with Crippen LogP contribution in [0.25, 0.3) is 11.3 Å². The van der Waals surface area contributed by atoms with Crippen molar-refractivity contribution in [3.05, 3.63) is 30.7 Å². The van der Waals surface area contributed by atoms with E-state index in [0.29, 0.717) is 29.2 Å². The summed E-state index contributed by atoms with van der Waals surface area (Å²) in [5.41, 5.74) is 7.30. The number of aromatic nitrogens is 6. The molecule has 0 atom stereocenters. The molecule has 3 heterocycles. The molecule has 10 nitrogen and oxygen atoms in total. The summed E-state index contributed by atoms with van der Waals surface area (Å²) >= 11 is 0. The first kappa shape index (κ1) is 18.0. The Morgan fingerprint density at radius 2 is 2.14 bits per heavy atom. The summed E-state index contributed by atoms with van der Waals surface area (Å²) in [4.78, 5) is 22.8. The Balaban J connectivity index is 1.43. The number of hydrogen-bond donors (Lipinski definition) is 2. The number of rotatable bonds is 7. The average Bonchev–Trinajstić information content (AvgIpc) is 3.16. The molecule has 0 aliphatic heterocycles. The Morgan fingerprint density at radius 3 is 2.89 bits per heavy atom. The molecule has 0 bridgehead atoms. The third-order valence-corrected chi connectivity index (χ3v) is 4.48. The summed E-state index contributed by atoms with van der Waals surface area (Å²) in [6.45, 7) is 0.938. The molecule has 1 amide bonds. The Kier molecular flexibility index (Phi) is 4.68. The molecule has 3 aromatic rings. The fourth-order valence-electron chi connectivity index (χ4n) is 2.84. The minimum Gasteiger partial charge on any atom is -0.384 e.